The fourth-order valence-electron chi connectivity index (χ4n) is 2.72. The van der Waals surface area contributed by atoms with Gasteiger partial charge in [0.1, 0.15) is 11.9 Å². The minimum Gasteiger partial charge on any atom is -0.353 e. The van der Waals surface area contributed by atoms with Gasteiger partial charge in [-0.3, -0.25) is 10.1 Å². The first kappa shape index (κ1) is 25.7. The smallest absolute Gasteiger partial charge is 0.353 e. The molecule has 0 fully saturated rings. The first-order valence-corrected chi connectivity index (χ1v) is 10.8. The molecule has 0 spiro atoms. The number of para-hydroxylation sites is 1. The van der Waals surface area contributed by atoms with E-state index in [1.165, 1.54) is 18.2 Å². The van der Waals surface area contributed by atoms with Gasteiger partial charge in [0.05, 0.1) is 17.1 Å². The Labute approximate surface area is 188 Å². The van der Waals surface area contributed by atoms with E-state index < -0.39 is 61.3 Å². The Balaban J connectivity index is 2.58. The molecule has 2 aromatic rings. The maximum Gasteiger partial charge on any atom is 0.428 e. The Hall–Kier alpha value is -2.60. The van der Waals surface area contributed by atoms with Gasteiger partial charge in [-0.1, -0.05) is 28.1 Å². The number of ether oxygens (including phenoxy) is 1. The lowest BCUT2D eigenvalue weighted by Gasteiger charge is -2.32. The van der Waals surface area contributed by atoms with Gasteiger partial charge in [0, 0.05) is 16.1 Å². The average Bonchev–Trinajstić information content (AvgIpc) is 2.68. The molecule has 1 N–H and O–H groups in total. The minimum atomic E-state index is -5.09. The molecule has 172 valence electrons. The van der Waals surface area contributed by atoms with Gasteiger partial charge in [0.2, 0.25) is 16.1 Å². The van der Waals surface area contributed by atoms with Crippen molar-refractivity contribution in [1.29, 1.82) is 5.26 Å². The number of nitriles is 1. The summed E-state index contributed by atoms with van der Waals surface area (Å²) in [5, 5.41) is 20.0. The first-order valence-electron chi connectivity index (χ1n) is 8.52. The van der Waals surface area contributed by atoms with Crippen LogP contribution in [-0.2, 0) is 20.3 Å². The Morgan fingerprint density at radius 1 is 1.28 bits per heavy atom. The van der Waals surface area contributed by atoms with E-state index in [0.29, 0.717) is 0 Å². The summed E-state index contributed by atoms with van der Waals surface area (Å²) in [6.45, 7) is -0.104. The molecule has 0 aliphatic rings. The molecule has 0 saturated carbocycles. The molecule has 0 unspecified atom stereocenters. The maximum atomic E-state index is 14.6. The van der Waals surface area contributed by atoms with Crippen LogP contribution in [0.25, 0.3) is 0 Å². The van der Waals surface area contributed by atoms with Crippen molar-refractivity contribution in [2.75, 3.05) is 6.61 Å². The maximum absolute atomic E-state index is 14.6. The van der Waals surface area contributed by atoms with Gasteiger partial charge in [0.25, 0.3) is 5.69 Å². The molecule has 0 aliphatic heterocycles. The molecule has 0 amide bonds. The third kappa shape index (κ3) is 5.80. The summed E-state index contributed by atoms with van der Waals surface area (Å²) in [5.74, 6) is -0.995. The highest BCUT2D eigenvalue weighted by Gasteiger charge is 2.44. The largest absolute Gasteiger partial charge is 0.428 e. The van der Waals surface area contributed by atoms with Crippen molar-refractivity contribution in [2.24, 2.45) is 0 Å². The highest BCUT2D eigenvalue weighted by Crippen LogP contribution is 2.33. The Kier molecular flexibility index (Phi) is 7.61. The van der Waals surface area contributed by atoms with E-state index >= 15 is 0 Å². The zero-order chi connectivity index (χ0) is 24.3. The SMILES string of the molecule is C[C@@](CO[C@H](C#N)C(F)(F)F)(NS(=O)(=O)c1ccccc1[N+](=O)[O-])c1cc(Br)ccc1F. The van der Waals surface area contributed by atoms with Crippen LogP contribution in [0, 0.1) is 27.3 Å². The number of nitrogens with zero attached hydrogens (tertiary/aromatic N) is 2. The number of rotatable bonds is 8. The normalized spacial score (nSPS) is 14.9. The molecule has 0 aliphatic carbocycles. The van der Waals surface area contributed by atoms with Crippen molar-refractivity contribution in [3.8, 4) is 6.07 Å². The van der Waals surface area contributed by atoms with Crippen LogP contribution in [-0.4, -0.2) is 32.2 Å². The number of halogens is 5. The number of nitrogens with one attached hydrogen (secondary N) is 1. The van der Waals surface area contributed by atoms with E-state index in [-0.39, 0.29) is 4.47 Å². The topological polar surface area (TPSA) is 122 Å². The lowest BCUT2D eigenvalue weighted by Crippen LogP contribution is -2.49. The summed E-state index contributed by atoms with van der Waals surface area (Å²) in [7, 11) is -4.78. The van der Waals surface area contributed by atoms with E-state index in [1.54, 1.807) is 0 Å². The molecule has 2 aromatic carbocycles. The number of nitro groups is 1. The van der Waals surface area contributed by atoms with Crippen LogP contribution in [0.1, 0.15) is 12.5 Å². The third-order valence-electron chi connectivity index (χ3n) is 4.19. The van der Waals surface area contributed by atoms with Gasteiger partial charge < -0.3 is 4.74 Å². The van der Waals surface area contributed by atoms with Crippen LogP contribution in [0.4, 0.5) is 23.2 Å². The highest BCUT2D eigenvalue weighted by atomic mass is 79.9. The van der Waals surface area contributed by atoms with Crippen molar-refractivity contribution in [3.05, 3.63) is 68.4 Å². The molecule has 8 nitrogen and oxygen atoms in total. The summed E-state index contributed by atoms with van der Waals surface area (Å²) in [4.78, 5) is 9.48. The van der Waals surface area contributed by atoms with Crippen LogP contribution in [0.3, 0.4) is 0 Å². The fraction of sp³-hybridized carbons (Fsp3) is 0.278. The summed E-state index contributed by atoms with van der Waals surface area (Å²) in [5.41, 5.74) is -3.42. The zero-order valence-corrected chi connectivity index (χ0v) is 18.5. The molecule has 32 heavy (non-hydrogen) atoms. The standard InChI is InChI=1S/C18H14BrF4N3O5S/c1-17(10-31-16(9-24)18(21,22)23,12-8-11(19)6-7-13(12)20)25-32(29,30)15-5-3-2-4-14(15)26(27)28/h2-8,16,25H,10H2,1H3/t16-,17+/m1/s1. The summed E-state index contributed by atoms with van der Waals surface area (Å²) in [6, 6.07) is 8.44. The monoisotopic (exact) mass is 539 g/mol. The van der Waals surface area contributed by atoms with Crippen LogP contribution < -0.4 is 4.72 Å². The lowest BCUT2D eigenvalue weighted by molar-refractivity contribution is -0.387. The quantitative estimate of drug-likeness (QED) is 0.305. The van der Waals surface area contributed by atoms with Gasteiger partial charge in [0.15, 0.2) is 4.90 Å². The van der Waals surface area contributed by atoms with Crippen molar-refractivity contribution < 1.29 is 35.6 Å². The first-order chi connectivity index (χ1) is 14.7. The minimum absolute atomic E-state index is 0.262. The predicted molar refractivity (Wildman–Crippen MR) is 106 cm³/mol. The molecule has 2 atom stereocenters. The van der Waals surface area contributed by atoms with Crippen LogP contribution in [0.15, 0.2) is 51.8 Å². The number of sulfonamides is 1. The van der Waals surface area contributed by atoms with Gasteiger partial charge in [-0.25, -0.2) is 12.8 Å². The van der Waals surface area contributed by atoms with Gasteiger partial charge in [-0.05, 0) is 31.2 Å². The van der Waals surface area contributed by atoms with Crippen LogP contribution >= 0.6 is 15.9 Å². The Morgan fingerprint density at radius 2 is 1.91 bits per heavy atom. The van der Waals surface area contributed by atoms with Crippen molar-refractivity contribution >= 4 is 31.6 Å². The van der Waals surface area contributed by atoms with Gasteiger partial charge in [-0.15, -0.1) is 0 Å². The van der Waals surface area contributed by atoms with Crippen molar-refractivity contribution in [2.45, 2.75) is 29.6 Å². The number of nitro benzene ring substituents is 1. The average molecular weight is 540 g/mol. The molecule has 0 saturated heterocycles. The Bertz CT molecular complexity index is 1170. The molecule has 0 heterocycles. The van der Waals surface area contributed by atoms with Crippen LogP contribution in [0.5, 0.6) is 0 Å². The predicted octanol–water partition coefficient (Wildman–Crippen LogP) is 4.16. The number of hydrogen-bond donors (Lipinski definition) is 1. The molecule has 0 aromatic heterocycles. The number of hydrogen-bond acceptors (Lipinski definition) is 6. The van der Waals surface area contributed by atoms with Gasteiger partial charge in [-0.2, -0.15) is 23.2 Å². The fourth-order valence-corrected chi connectivity index (χ4v) is 4.63. The third-order valence-corrected chi connectivity index (χ3v) is 6.32. The van der Waals surface area contributed by atoms with E-state index in [9.17, 15) is 36.1 Å². The summed E-state index contributed by atoms with van der Waals surface area (Å²) >= 11 is 3.06. The van der Waals surface area contributed by atoms with E-state index in [0.717, 1.165) is 37.3 Å². The van der Waals surface area contributed by atoms with Gasteiger partial charge >= 0.3 is 6.18 Å². The Morgan fingerprint density at radius 3 is 2.47 bits per heavy atom. The van der Waals surface area contributed by atoms with E-state index in [2.05, 4.69) is 20.7 Å². The molecule has 0 bridgehead atoms. The van der Waals surface area contributed by atoms with Crippen molar-refractivity contribution in [1.82, 2.24) is 4.72 Å². The van der Waals surface area contributed by atoms with Crippen molar-refractivity contribution in [3.63, 3.8) is 0 Å². The molecule has 0 radical (unpaired) electrons. The van der Waals surface area contributed by atoms with Crippen LogP contribution in [0.2, 0.25) is 0 Å². The second-order valence-corrected chi connectivity index (χ2v) is 9.21. The molecule has 2 rings (SSSR count). The highest BCUT2D eigenvalue weighted by molar-refractivity contribution is 9.10. The number of benzene rings is 2. The summed E-state index contributed by atoms with van der Waals surface area (Å²) in [6.07, 6.45) is -8.02. The number of alkyl halides is 3. The molecule has 14 heteroatoms. The lowest BCUT2D eigenvalue weighted by atomic mass is 9.93. The second kappa shape index (κ2) is 9.49. The van der Waals surface area contributed by atoms with E-state index in [1.807, 2.05) is 4.72 Å². The van der Waals surface area contributed by atoms with E-state index in [4.69, 9.17) is 5.26 Å². The zero-order valence-electron chi connectivity index (χ0n) is 16.1. The molecular weight excluding hydrogens is 526 g/mol. The summed E-state index contributed by atoms with van der Waals surface area (Å²) < 4.78 is 86.2. The molecular formula is C18H14BrF4N3O5S. The second-order valence-electron chi connectivity index (χ2n) is 6.65.